The van der Waals surface area contributed by atoms with Crippen LogP contribution in [0.5, 0.6) is 5.75 Å². The minimum absolute atomic E-state index is 0.00323. The van der Waals surface area contributed by atoms with Gasteiger partial charge in [-0.15, -0.1) is 0 Å². The van der Waals surface area contributed by atoms with Gasteiger partial charge < -0.3 is 10.1 Å². The number of rotatable bonds is 2. The Morgan fingerprint density at radius 2 is 1.81 bits per heavy atom. The Labute approximate surface area is 119 Å². The number of para-hydroxylation sites is 2. The van der Waals surface area contributed by atoms with E-state index in [2.05, 4.69) is 5.32 Å². The minimum Gasteiger partial charge on any atom is -0.449 e. The maximum Gasteiger partial charge on any atom is 0.291 e. The molecule has 2 aromatic rings. The number of hydrogen-bond donors (Lipinski definition) is 1. The van der Waals surface area contributed by atoms with Gasteiger partial charge in [-0.25, -0.2) is 0 Å². The molecule has 21 heavy (non-hydrogen) atoms. The molecule has 0 saturated carbocycles. The molecule has 0 unspecified atom stereocenters. The molecule has 1 amide bonds. The molecular formula is C15H10N2O4. The fourth-order valence-electron chi connectivity index (χ4n) is 1.95. The van der Waals surface area contributed by atoms with E-state index in [9.17, 15) is 14.9 Å². The summed E-state index contributed by atoms with van der Waals surface area (Å²) in [6.45, 7) is 0. The van der Waals surface area contributed by atoms with Crippen LogP contribution in [0.25, 0.3) is 6.08 Å². The van der Waals surface area contributed by atoms with E-state index < -0.39 is 4.92 Å². The molecule has 2 aromatic carbocycles. The largest absolute Gasteiger partial charge is 0.449 e. The number of benzene rings is 2. The van der Waals surface area contributed by atoms with Gasteiger partial charge in [0.1, 0.15) is 0 Å². The Kier molecular flexibility index (Phi) is 3.12. The molecule has 1 heterocycles. The van der Waals surface area contributed by atoms with Crippen LogP contribution in [0.15, 0.2) is 54.3 Å². The third kappa shape index (κ3) is 2.59. The second-order valence-corrected chi connectivity index (χ2v) is 4.41. The SMILES string of the molecule is O=C1Nc2ccccc2O/C1=C/c1ccc([N+](=O)[O-])cc1. The number of non-ortho nitro benzene ring substituents is 1. The van der Waals surface area contributed by atoms with E-state index in [0.717, 1.165) is 0 Å². The smallest absolute Gasteiger partial charge is 0.291 e. The predicted molar refractivity (Wildman–Crippen MR) is 76.8 cm³/mol. The summed E-state index contributed by atoms with van der Waals surface area (Å²) in [4.78, 5) is 22.0. The third-order valence-corrected chi connectivity index (χ3v) is 2.98. The maximum atomic E-state index is 11.9. The Morgan fingerprint density at radius 3 is 2.52 bits per heavy atom. The topological polar surface area (TPSA) is 81.5 Å². The number of carbonyl (C=O) groups excluding carboxylic acids is 1. The Hall–Kier alpha value is -3.15. The lowest BCUT2D eigenvalue weighted by Crippen LogP contribution is -2.23. The van der Waals surface area contributed by atoms with Gasteiger partial charge >= 0.3 is 0 Å². The molecule has 1 aliphatic heterocycles. The van der Waals surface area contributed by atoms with Crippen molar-refractivity contribution in [3.05, 3.63) is 70.0 Å². The predicted octanol–water partition coefficient (Wildman–Crippen LogP) is 2.97. The third-order valence-electron chi connectivity index (χ3n) is 2.98. The summed E-state index contributed by atoms with van der Waals surface area (Å²) in [5, 5.41) is 13.3. The number of fused-ring (bicyclic) bond motifs is 1. The molecule has 1 N–H and O–H groups in total. The van der Waals surface area contributed by atoms with E-state index in [4.69, 9.17) is 4.74 Å². The van der Waals surface area contributed by atoms with Crippen molar-refractivity contribution in [3.8, 4) is 5.75 Å². The molecule has 0 radical (unpaired) electrons. The molecule has 3 rings (SSSR count). The molecule has 6 nitrogen and oxygen atoms in total. The minimum atomic E-state index is -0.475. The van der Waals surface area contributed by atoms with Crippen molar-refractivity contribution in [1.29, 1.82) is 0 Å². The number of nitrogens with one attached hydrogen (secondary N) is 1. The summed E-state index contributed by atoms with van der Waals surface area (Å²) in [7, 11) is 0. The van der Waals surface area contributed by atoms with Gasteiger partial charge in [-0.2, -0.15) is 0 Å². The first kappa shape index (κ1) is 12.9. The molecular weight excluding hydrogens is 272 g/mol. The van der Waals surface area contributed by atoms with E-state index >= 15 is 0 Å². The molecule has 0 atom stereocenters. The van der Waals surface area contributed by atoms with Gasteiger partial charge in [-0.1, -0.05) is 12.1 Å². The van der Waals surface area contributed by atoms with Gasteiger partial charge in [0, 0.05) is 12.1 Å². The normalized spacial score (nSPS) is 15.0. The van der Waals surface area contributed by atoms with E-state index in [-0.39, 0.29) is 17.4 Å². The highest BCUT2D eigenvalue weighted by Crippen LogP contribution is 2.30. The number of nitrogens with zero attached hydrogens (tertiary/aromatic N) is 1. The van der Waals surface area contributed by atoms with Crippen molar-refractivity contribution in [1.82, 2.24) is 0 Å². The van der Waals surface area contributed by atoms with Gasteiger partial charge in [0.15, 0.2) is 11.5 Å². The van der Waals surface area contributed by atoms with Gasteiger partial charge in [-0.05, 0) is 35.9 Å². The molecule has 6 heteroatoms. The van der Waals surface area contributed by atoms with Crippen molar-refractivity contribution in [3.63, 3.8) is 0 Å². The average molecular weight is 282 g/mol. The van der Waals surface area contributed by atoms with E-state index in [0.29, 0.717) is 17.0 Å². The van der Waals surface area contributed by atoms with Crippen LogP contribution >= 0.6 is 0 Å². The van der Waals surface area contributed by atoms with Crippen LogP contribution in [0, 0.1) is 10.1 Å². The van der Waals surface area contributed by atoms with E-state index in [1.807, 2.05) is 0 Å². The van der Waals surface area contributed by atoms with Gasteiger partial charge in [0.2, 0.25) is 0 Å². The van der Waals surface area contributed by atoms with Crippen LogP contribution in [-0.4, -0.2) is 10.8 Å². The number of hydrogen-bond acceptors (Lipinski definition) is 4. The summed E-state index contributed by atoms with van der Waals surface area (Å²) in [6, 6.07) is 13.0. The number of ether oxygens (including phenoxy) is 1. The molecule has 1 aliphatic rings. The standard InChI is InChI=1S/C15H10N2O4/c18-15-14(21-13-4-2-1-3-12(13)16-15)9-10-5-7-11(8-6-10)17(19)20/h1-9H,(H,16,18)/b14-9+. The Balaban J connectivity index is 1.90. The highest BCUT2D eigenvalue weighted by molar-refractivity contribution is 6.08. The summed E-state index contributed by atoms with van der Waals surface area (Å²) in [5.41, 5.74) is 1.25. The molecule has 0 bridgehead atoms. The highest BCUT2D eigenvalue weighted by atomic mass is 16.6. The van der Waals surface area contributed by atoms with Crippen molar-refractivity contribution in [2.24, 2.45) is 0 Å². The molecule has 0 spiro atoms. The number of nitro groups is 1. The number of nitro benzene ring substituents is 1. The number of anilines is 1. The number of carbonyl (C=O) groups is 1. The van der Waals surface area contributed by atoms with Crippen LogP contribution < -0.4 is 10.1 Å². The van der Waals surface area contributed by atoms with E-state index in [1.54, 1.807) is 36.4 Å². The lowest BCUT2D eigenvalue weighted by Gasteiger charge is -2.19. The molecule has 0 aliphatic carbocycles. The van der Waals surface area contributed by atoms with Gasteiger partial charge in [0.05, 0.1) is 10.6 Å². The maximum absolute atomic E-state index is 11.9. The van der Waals surface area contributed by atoms with Crippen LogP contribution in [-0.2, 0) is 4.79 Å². The zero-order valence-corrected chi connectivity index (χ0v) is 10.8. The second kappa shape index (κ2) is 5.09. The van der Waals surface area contributed by atoms with Crippen molar-refractivity contribution < 1.29 is 14.5 Å². The van der Waals surface area contributed by atoms with Gasteiger partial charge in [0.25, 0.3) is 11.6 Å². The second-order valence-electron chi connectivity index (χ2n) is 4.41. The number of amides is 1. The summed E-state index contributed by atoms with van der Waals surface area (Å²) in [5.74, 6) is 0.347. The average Bonchev–Trinajstić information content (AvgIpc) is 2.48. The zero-order valence-electron chi connectivity index (χ0n) is 10.8. The lowest BCUT2D eigenvalue weighted by atomic mass is 10.1. The van der Waals surface area contributed by atoms with Crippen LogP contribution in [0.2, 0.25) is 0 Å². The van der Waals surface area contributed by atoms with Gasteiger partial charge in [-0.3, -0.25) is 14.9 Å². The summed E-state index contributed by atoms with van der Waals surface area (Å²) >= 11 is 0. The molecule has 0 aromatic heterocycles. The highest BCUT2D eigenvalue weighted by Gasteiger charge is 2.21. The first-order chi connectivity index (χ1) is 10.1. The van der Waals surface area contributed by atoms with Crippen molar-refractivity contribution >= 4 is 23.4 Å². The Morgan fingerprint density at radius 1 is 1.10 bits per heavy atom. The molecule has 104 valence electrons. The fraction of sp³-hybridized carbons (Fsp3) is 0. The first-order valence-corrected chi connectivity index (χ1v) is 6.18. The summed E-state index contributed by atoms with van der Waals surface area (Å²) < 4.78 is 5.54. The lowest BCUT2D eigenvalue weighted by molar-refractivity contribution is -0.384. The zero-order chi connectivity index (χ0) is 14.8. The summed E-state index contributed by atoms with van der Waals surface area (Å²) in [6.07, 6.45) is 1.54. The van der Waals surface area contributed by atoms with Crippen LogP contribution in [0.4, 0.5) is 11.4 Å². The molecule has 0 saturated heterocycles. The van der Waals surface area contributed by atoms with Crippen molar-refractivity contribution in [2.75, 3.05) is 5.32 Å². The van der Waals surface area contributed by atoms with E-state index in [1.165, 1.54) is 18.2 Å². The molecule has 0 fully saturated rings. The first-order valence-electron chi connectivity index (χ1n) is 6.18. The quantitative estimate of drug-likeness (QED) is 0.521. The van der Waals surface area contributed by atoms with Crippen molar-refractivity contribution in [2.45, 2.75) is 0 Å². The van der Waals surface area contributed by atoms with Crippen LogP contribution in [0.1, 0.15) is 5.56 Å². The monoisotopic (exact) mass is 282 g/mol. The Bertz CT molecular complexity index is 751. The fourth-order valence-corrected chi connectivity index (χ4v) is 1.95. The van der Waals surface area contributed by atoms with Crippen LogP contribution in [0.3, 0.4) is 0 Å².